The molecular weight excluding hydrogens is 374 g/mol. The van der Waals surface area contributed by atoms with Crippen molar-refractivity contribution in [3.05, 3.63) is 71.5 Å². The smallest absolute Gasteiger partial charge is 0.257 e. The number of hydrogen-bond donors (Lipinski definition) is 1. The first-order valence-electron chi connectivity index (χ1n) is 7.53. The Hall–Kier alpha value is -2.77. The van der Waals surface area contributed by atoms with Crippen LogP contribution in [0.4, 0.5) is 5.69 Å². The Morgan fingerprint density at radius 2 is 1.88 bits per heavy atom. The minimum absolute atomic E-state index is 0.0852. The first kappa shape index (κ1) is 18.0. The maximum atomic E-state index is 12.4. The molecule has 1 aromatic carbocycles. The number of amides is 1. The third kappa shape index (κ3) is 4.07. The lowest BCUT2D eigenvalue weighted by molar-refractivity contribution is 0.102. The van der Waals surface area contributed by atoms with Crippen molar-refractivity contribution < 1.29 is 13.2 Å². The SMILES string of the molecule is CS(=O)(=O)c1ccc(C(=O)Nc2ccc(Cl)c(-c3ccccn3)c2)cn1. The van der Waals surface area contributed by atoms with Gasteiger partial charge in [0.2, 0.25) is 0 Å². The fraction of sp³-hybridized carbons (Fsp3) is 0.0556. The van der Waals surface area contributed by atoms with Crippen LogP contribution < -0.4 is 5.32 Å². The number of aromatic nitrogens is 2. The summed E-state index contributed by atoms with van der Waals surface area (Å²) in [6.45, 7) is 0. The Morgan fingerprint density at radius 1 is 1.08 bits per heavy atom. The molecular formula is C18H14ClN3O3S. The van der Waals surface area contributed by atoms with Crippen molar-refractivity contribution >= 4 is 33.0 Å². The average Bonchev–Trinajstić information content (AvgIpc) is 2.63. The molecule has 0 radical (unpaired) electrons. The second kappa shape index (κ2) is 7.23. The Balaban J connectivity index is 1.84. The van der Waals surface area contributed by atoms with E-state index in [9.17, 15) is 13.2 Å². The number of sulfone groups is 1. The summed E-state index contributed by atoms with van der Waals surface area (Å²) in [6, 6.07) is 13.2. The summed E-state index contributed by atoms with van der Waals surface area (Å²) in [6.07, 6.45) is 3.94. The van der Waals surface area contributed by atoms with Crippen molar-refractivity contribution in [2.75, 3.05) is 11.6 Å². The Labute approximate surface area is 155 Å². The lowest BCUT2D eigenvalue weighted by atomic mass is 10.1. The number of carbonyl (C=O) groups excluding carboxylic acids is 1. The molecule has 132 valence electrons. The van der Waals surface area contributed by atoms with E-state index in [0.717, 1.165) is 6.26 Å². The van der Waals surface area contributed by atoms with Gasteiger partial charge >= 0.3 is 0 Å². The van der Waals surface area contributed by atoms with E-state index in [4.69, 9.17) is 11.6 Å². The molecule has 1 N–H and O–H groups in total. The molecule has 8 heteroatoms. The van der Waals surface area contributed by atoms with Crippen molar-refractivity contribution in [2.24, 2.45) is 0 Å². The molecule has 0 aliphatic heterocycles. The number of halogens is 1. The lowest BCUT2D eigenvalue weighted by Crippen LogP contribution is -2.13. The van der Waals surface area contributed by atoms with E-state index in [2.05, 4.69) is 15.3 Å². The van der Waals surface area contributed by atoms with Crippen LogP contribution in [0.25, 0.3) is 11.3 Å². The largest absolute Gasteiger partial charge is 0.322 e. The van der Waals surface area contributed by atoms with Crippen LogP contribution in [0, 0.1) is 0 Å². The molecule has 0 aliphatic carbocycles. The molecule has 3 aromatic rings. The number of benzene rings is 1. The van der Waals surface area contributed by atoms with Crippen LogP contribution in [-0.2, 0) is 9.84 Å². The standard InChI is InChI=1S/C18H14ClN3O3S/c1-26(24,25)17-8-5-12(11-21-17)18(23)22-13-6-7-15(19)14(10-13)16-4-2-3-9-20-16/h2-11H,1H3,(H,22,23). The molecule has 1 amide bonds. The zero-order chi connectivity index (χ0) is 18.7. The Kier molecular flexibility index (Phi) is 5.01. The van der Waals surface area contributed by atoms with Crippen molar-refractivity contribution in [1.29, 1.82) is 0 Å². The van der Waals surface area contributed by atoms with Gasteiger partial charge in [0.15, 0.2) is 14.9 Å². The third-order valence-corrected chi connectivity index (χ3v) is 4.87. The number of anilines is 1. The molecule has 0 atom stereocenters. The number of nitrogens with zero attached hydrogens (tertiary/aromatic N) is 2. The molecule has 6 nitrogen and oxygen atoms in total. The quantitative estimate of drug-likeness (QED) is 0.740. The molecule has 2 aromatic heterocycles. The van der Waals surface area contributed by atoms with Crippen LogP contribution in [-0.4, -0.2) is 30.5 Å². The van der Waals surface area contributed by atoms with Crippen molar-refractivity contribution in [2.45, 2.75) is 5.03 Å². The number of hydrogen-bond acceptors (Lipinski definition) is 5. The number of nitrogens with one attached hydrogen (secondary N) is 1. The molecule has 0 bridgehead atoms. The van der Waals surface area contributed by atoms with Crippen LogP contribution in [0.15, 0.2) is 66.0 Å². The zero-order valence-electron chi connectivity index (χ0n) is 13.7. The van der Waals surface area contributed by atoms with Crippen molar-refractivity contribution in [3.8, 4) is 11.3 Å². The maximum absolute atomic E-state index is 12.4. The molecule has 3 rings (SSSR count). The molecule has 0 aliphatic rings. The summed E-state index contributed by atoms with van der Waals surface area (Å²) < 4.78 is 22.9. The predicted octanol–water partition coefficient (Wildman–Crippen LogP) is 3.45. The van der Waals surface area contributed by atoms with E-state index in [0.29, 0.717) is 22.0 Å². The number of rotatable bonds is 4. The Morgan fingerprint density at radius 3 is 2.50 bits per heavy atom. The average molecular weight is 388 g/mol. The van der Waals surface area contributed by atoms with Crippen LogP contribution in [0.2, 0.25) is 5.02 Å². The molecule has 0 spiro atoms. The molecule has 0 saturated carbocycles. The Bertz CT molecular complexity index is 1050. The zero-order valence-corrected chi connectivity index (χ0v) is 15.3. The summed E-state index contributed by atoms with van der Waals surface area (Å²) in [5.41, 5.74) is 2.15. The van der Waals surface area contributed by atoms with Gasteiger partial charge in [0.05, 0.1) is 16.3 Å². The van der Waals surface area contributed by atoms with Crippen LogP contribution in [0.1, 0.15) is 10.4 Å². The van der Waals surface area contributed by atoms with Crippen LogP contribution >= 0.6 is 11.6 Å². The third-order valence-electron chi connectivity index (χ3n) is 3.54. The molecule has 2 heterocycles. The number of pyridine rings is 2. The highest BCUT2D eigenvalue weighted by atomic mass is 35.5. The van der Waals surface area contributed by atoms with Crippen LogP contribution in [0.3, 0.4) is 0 Å². The highest BCUT2D eigenvalue weighted by molar-refractivity contribution is 7.90. The van der Waals surface area contributed by atoms with Crippen LogP contribution in [0.5, 0.6) is 0 Å². The van der Waals surface area contributed by atoms with Gasteiger partial charge in [-0.2, -0.15) is 0 Å². The minimum atomic E-state index is -3.41. The van der Waals surface area contributed by atoms with E-state index in [1.54, 1.807) is 30.5 Å². The summed E-state index contributed by atoms with van der Waals surface area (Å²) in [5, 5.41) is 3.17. The summed E-state index contributed by atoms with van der Waals surface area (Å²) in [4.78, 5) is 20.4. The summed E-state index contributed by atoms with van der Waals surface area (Å²) in [5.74, 6) is -0.410. The van der Waals surface area contributed by atoms with E-state index in [1.807, 2.05) is 12.1 Å². The molecule has 0 saturated heterocycles. The fourth-order valence-corrected chi connectivity index (χ4v) is 3.03. The fourth-order valence-electron chi connectivity index (χ4n) is 2.26. The molecule has 0 unspecified atom stereocenters. The summed E-state index contributed by atoms with van der Waals surface area (Å²) in [7, 11) is -3.41. The highest BCUT2D eigenvalue weighted by Crippen LogP contribution is 2.29. The van der Waals surface area contributed by atoms with E-state index in [-0.39, 0.29) is 10.6 Å². The van der Waals surface area contributed by atoms with Gasteiger partial charge in [0.1, 0.15) is 0 Å². The van der Waals surface area contributed by atoms with Gasteiger partial charge in [-0.1, -0.05) is 17.7 Å². The van der Waals surface area contributed by atoms with E-state index in [1.165, 1.54) is 18.3 Å². The van der Waals surface area contributed by atoms with Gasteiger partial charge in [-0.25, -0.2) is 13.4 Å². The van der Waals surface area contributed by atoms with Gasteiger partial charge in [-0.05, 0) is 42.5 Å². The second-order valence-electron chi connectivity index (χ2n) is 5.52. The van der Waals surface area contributed by atoms with Gasteiger partial charge in [0, 0.05) is 29.9 Å². The van der Waals surface area contributed by atoms with E-state index >= 15 is 0 Å². The molecule has 26 heavy (non-hydrogen) atoms. The van der Waals surface area contributed by atoms with Crippen molar-refractivity contribution in [1.82, 2.24) is 9.97 Å². The van der Waals surface area contributed by atoms with Crippen molar-refractivity contribution in [3.63, 3.8) is 0 Å². The normalized spacial score (nSPS) is 11.2. The molecule has 0 fully saturated rings. The number of carbonyl (C=O) groups is 1. The van der Waals surface area contributed by atoms with Gasteiger partial charge in [-0.15, -0.1) is 0 Å². The van der Waals surface area contributed by atoms with Gasteiger partial charge < -0.3 is 5.32 Å². The summed E-state index contributed by atoms with van der Waals surface area (Å²) >= 11 is 6.22. The lowest BCUT2D eigenvalue weighted by Gasteiger charge is -2.09. The maximum Gasteiger partial charge on any atom is 0.257 e. The first-order chi connectivity index (χ1) is 12.3. The highest BCUT2D eigenvalue weighted by Gasteiger charge is 2.13. The van der Waals surface area contributed by atoms with Gasteiger partial charge in [0.25, 0.3) is 5.91 Å². The minimum Gasteiger partial charge on any atom is -0.322 e. The monoisotopic (exact) mass is 387 g/mol. The second-order valence-corrected chi connectivity index (χ2v) is 7.89. The van der Waals surface area contributed by atoms with Gasteiger partial charge in [-0.3, -0.25) is 9.78 Å². The predicted molar refractivity (Wildman–Crippen MR) is 100.0 cm³/mol. The topological polar surface area (TPSA) is 89.0 Å². The first-order valence-corrected chi connectivity index (χ1v) is 9.80. The van der Waals surface area contributed by atoms with E-state index < -0.39 is 15.7 Å².